The monoisotopic (exact) mass is 239 g/mol. The Morgan fingerprint density at radius 1 is 1.17 bits per heavy atom. The van der Waals surface area contributed by atoms with E-state index >= 15 is 0 Å². The molecule has 0 aliphatic heterocycles. The average Bonchev–Trinajstić information content (AvgIpc) is 2.66. The Labute approximate surface area is 104 Å². The fraction of sp³-hybridized carbons (Fsp3) is 0.0714. The molecule has 0 radical (unpaired) electrons. The number of phenols is 1. The molecule has 3 aromatic rings. The highest BCUT2D eigenvalue weighted by Crippen LogP contribution is 2.27. The number of hydrogen-bond acceptors (Lipinski definition) is 3. The zero-order valence-electron chi connectivity index (χ0n) is 9.96. The van der Waals surface area contributed by atoms with Crippen molar-refractivity contribution < 1.29 is 5.11 Å². The molecule has 3 rings (SSSR count). The van der Waals surface area contributed by atoms with E-state index in [9.17, 15) is 5.11 Å². The lowest BCUT2D eigenvalue weighted by Crippen LogP contribution is -2.02. The SMILES string of the molecule is Cc1ccccc1-n1c(N)nc2ccc(O)cc21. The molecule has 0 aliphatic rings. The number of para-hydroxylation sites is 1. The predicted octanol–water partition coefficient (Wildman–Crippen LogP) is 2.62. The van der Waals surface area contributed by atoms with Crippen LogP contribution in [-0.4, -0.2) is 14.7 Å². The van der Waals surface area contributed by atoms with E-state index in [1.165, 1.54) is 0 Å². The zero-order valence-corrected chi connectivity index (χ0v) is 9.96. The van der Waals surface area contributed by atoms with Gasteiger partial charge in [0.15, 0.2) is 0 Å². The summed E-state index contributed by atoms with van der Waals surface area (Å²) in [5.41, 5.74) is 9.63. The minimum Gasteiger partial charge on any atom is -0.508 e. The number of benzene rings is 2. The molecular weight excluding hydrogens is 226 g/mol. The van der Waals surface area contributed by atoms with E-state index in [1.807, 2.05) is 35.8 Å². The number of hydrogen-bond donors (Lipinski definition) is 2. The highest BCUT2D eigenvalue weighted by molar-refractivity contribution is 5.82. The molecule has 0 amide bonds. The highest BCUT2D eigenvalue weighted by Gasteiger charge is 2.11. The number of nitrogens with zero attached hydrogens (tertiary/aromatic N) is 2. The van der Waals surface area contributed by atoms with E-state index < -0.39 is 0 Å². The van der Waals surface area contributed by atoms with Crippen LogP contribution >= 0.6 is 0 Å². The van der Waals surface area contributed by atoms with Crippen LogP contribution in [-0.2, 0) is 0 Å². The number of phenolic OH excluding ortho intramolecular Hbond substituents is 1. The molecule has 0 bridgehead atoms. The van der Waals surface area contributed by atoms with Gasteiger partial charge in [-0.05, 0) is 30.7 Å². The Bertz CT molecular complexity index is 731. The van der Waals surface area contributed by atoms with E-state index in [4.69, 9.17) is 5.73 Å². The molecule has 1 aromatic heterocycles. The first-order valence-corrected chi connectivity index (χ1v) is 5.70. The van der Waals surface area contributed by atoms with Crippen LogP contribution in [0.1, 0.15) is 5.56 Å². The predicted molar refractivity (Wildman–Crippen MR) is 71.9 cm³/mol. The molecule has 0 unspecified atom stereocenters. The van der Waals surface area contributed by atoms with Crippen molar-refractivity contribution in [2.45, 2.75) is 6.92 Å². The third-order valence-electron chi connectivity index (χ3n) is 3.02. The standard InChI is InChI=1S/C14H13N3O/c1-9-4-2-3-5-12(9)17-13-8-10(18)6-7-11(13)16-14(17)15/h2-8,18H,1H3,(H2,15,16). The first kappa shape index (κ1) is 10.7. The fourth-order valence-corrected chi connectivity index (χ4v) is 2.15. The van der Waals surface area contributed by atoms with E-state index in [0.29, 0.717) is 5.95 Å². The van der Waals surface area contributed by atoms with Crippen molar-refractivity contribution in [3.8, 4) is 11.4 Å². The van der Waals surface area contributed by atoms with Gasteiger partial charge in [-0.15, -0.1) is 0 Å². The van der Waals surface area contributed by atoms with Crippen LogP contribution in [0.2, 0.25) is 0 Å². The largest absolute Gasteiger partial charge is 0.508 e. The summed E-state index contributed by atoms with van der Waals surface area (Å²) in [4.78, 5) is 4.30. The first-order chi connectivity index (χ1) is 8.66. The lowest BCUT2D eigenvalue weighted by Gasteiger charge is -2.09. The van der Waals surface area contributed by atoms with Gasteiger partial charge in [0.05, 0.1) is 16.7 Å². The van der Waals surface area contributed by atoms with E-state index in [2.05, 4.69) is 4.98 Å². The third kappa shape index (κ3) is 1.50. The van der Waals surface area contributed by atoms with Crippen LogP contribution < -0.4 is 5.73 Å². The van der Waals surface area contributed by atoms with Crippen LogP contribution in [0.15, 0.2) is 42.5 Å². The number of imidazole rings is 1. The second kappa shape index (κ2) is 3.77. The molecule has 2 aromatic carbocycles. The van der Waals surface area contributed by atoms with Crippen molar-refractivity contribution in [3.05, 3.63) is 48.0 Å². The molecule has 4 heteroatoms. The van der Waals surface area contributed by atoms with Gasteiger partial charge in [0.1, 0.15) is 5.75 Å². The zero-order chi connectivity index (χ0) is 12.7. The van der Waals surface area contributed by atoms with Gasteiger partial charge in [0.2, 0.25) is 5.95 Å². The Morgan fingerprint density at radius 3 is 2.72 bits per heavy atom. The average molecular weight is 239 g/mol. The number of rotatable bonds is 1. The summed E-state index contributed by atoms with van der Waals surface area (Å²) in [5.74, 6) is 0.627. The maximum atomic E-state index is 9.60. The smallest absolute Gasteiger partial charge is 0.205 e. The van der Waals surface area contributed by atoms with Gasteiger partial charge in [-0.3, -0.25) is 4.57 Å². The summed E-state index contributed by atoms with van der Waals surface area (Å²) < 4.78 is 1.85. The van der Waals surface area contributed by atoms with E-state index in [1.54, 1.807) is 18.2 Å². The molecule has 0 saturated carbocycles. The molecule has 0 spiro atoms. The van der Waals surface area contributed by atoms with Crippen LogP contribution in [0.25, 0.3) is 16.7 Å². The minimum atomic E-state index is 0.206. The van der Waals surface area contributed by atoms with Crippen molar-refractivity contribution in [1.29, 1.82) is 0 Å². The van der Waals surface area contributed by atoms with Gasteiger partial charge in [0, 0.05) is 6.07 Å². The minimum absolute atomic E-state index is 0.206. The molecule has 0 saturated heterocycles. The number of anilines is 1. The van der Waals surface area contributed by atoms with Gasteiger partial charge in [0.25, 0.3) is 0 Å². The lowest BCUT2D eigenvalue weighted by atomic mass is 10.2. The van der Waals surface area contributed by atoms with Gasteiger partial charge in [-0.1, -0.05) is 18.2 Å². The Kier molecular flexibility index (Phi) is 2.23. The second-order valence-corrected chi connectivity index (χ2v) is 4.26. The molecule has 3 N–H and O–H groups in total. The van der Waals surface area contributed by atoms with Gasteiger partial charge >= 0.3 is 0 Å². The molecule has 0 aliphatic carbocycles. The summed E-state index contributed by atoms with van der Waals surface area (Å²) in [6.45, 7) is 2.02. The molecule has 90 valence electrons. The molecule has 4 nitrogen and oxygen atoms in total. The normalized spacial score (nSPS) is 10.9. The van der Waals surface area contributed by atoms with Crippen molar-refractivity contribution in [2.75, 3.05) is 5.73 Å². The topological polar surface area (TPSA) is 64.1 Å². The third-order valence-corrected chi connectivity index (χ3v) is 3.02. The van der Waals surface area contributed by atoms with Crippen molar-refractivity contribution in [3.63, 3.8) is 0 Å². The summed E-state index contributed by atoms with van der Waals surface area (Å²) in [6.07, 6.45) is 0. The Hall–Kier alpha value is -2.49. The fourth-order valence-electron chi connectivity index (χ4n) is 2.15. The number of nitrogen functional groups attached to an aromatic ring is 1. The first-order valence-electron chi connectivity index (χ1n) is 5.70. The van der Waals surface area contributed by atoms with Crippen LogP contribution in [0.3, 0.4) is 0 Å². The Balaban J connectivity index is 2.38. The molecule has 1 heterocycles. The summed E-state index contributed by atoms with van der Waals surface area (Å²) in [5, 5.41) is 9.60. The van der Waals surface area contributed by atoms with E-state index in [0.717, 1.165) is 22.3 Å². The quantitative estimate of drug-likeness (QED) is 0.686. The number of nitrogens with two attached hydrogens (primary N) is 1. The molecule has 18 heavy (non-hydrogen) atoms. The van der Waals surface area contributed by atoms with Crippen LogP contribution in [0, 0.1) is 6.92 Å². The van der Waals surface area contributed by atoms with Gasteiger partial charge in [-0.2, -0.15) is 0 Å². The second-order valence-electron chi connectivity index (χ2n) is 4.26. The van der Waals surface area contributed by atoms with Crippen LogP contribution in [0.4, 0.5) is 5.95 Å². The summed E-state index contributed by atoms with van der Waals surface area (Å²) in [7, 11) is 0. The maximum absolute atomic E-state index is 9.60. The van der Waals surface area contributed by atoms with Crippen molar-refractivity contribution in [1.82, 2.24) is 9.55 Å². The van der Waals surface area contributed by atoms with Crippen molar-refractivity contribution in [2.24, 2.45) is 0 Å². The van der Waals surface area contributed by atoms with Gasteiger partial charge < -0.3 is 10.8 Å². The highest BCUT2D eigenvalue weighted by atomic mass is 16.3. The Morgan fingerprint density at radius 2 is 1.94 bits per heavy atom. The van der Waals surface area contributed by atoms with Crippen LogP contribution in [0.5, 0.6) is 5.75 Å². The summed E-state index contributed by atoms with van der Waals surface area (Å²) >= 11 is 0. The number of aromatic hydroxyl groups is 1. The molecule has 0 fully saturated rings. The van der Waals surface area contributed by atoms with E-state index in [-0.39, 0.29) is 5.75 Å². The number of aromatic nitrogens is 2. The maximum Gasteiger partial charge on any atom is 0.205 e. The molecule has 0 atom stereocenters. The lowest BCUT2D eigenvalue weighted by molar-refractivity contribution is 0.476. The number of aryl methyl sites for hydroxylation is 1. The molecular formula is C14H13N3O. The summed E-state index contributed by atoms with van der Waals surface area (Å²) in [6, 6.07) is 13.0. The van der Waals surface area contributed by atoms with Gasteiger partial charge in [-0.25, -0.2) is 4.98 Å². The number of fused-ring (bicyclic) bond motifs is 1. The van der Waals surface area contributed by atoms with Crippen molar-refractivity contribution >= 4 is 17.0 Å².